The first kappa shape index (κ1) is 18.5. The molecule has 1 heterocycles. The third-order valence-corrected chi connectivity index (χ3v) is 3.74. The maximum atomic E-state index is 11.5. The number of carbonyl (C=O) groups excluding carboxylic acids is 1. The number of rotatable bonds is 5. The van der Waals surface area contributed by atoms with E-state index in [-0.39, 0.29) is 13.4 Å². The van der Waals surface area contributed by atoms with Crippen LogP contribution >= 0.6 is 0 Å². The Morgan fingerprint density at radius 1 is 1.08 bits per heavy atom. The maximum absolute atomic E-state index is 11.5. The van der Waals surface area contributed by atoms with Crippen LogP contribution in [0.15, 0.2) is 24.3 Å². The summed E-state index contributed by atoms with van der Waals surface area (Å²) in [6, 6.07) is 7.20. The van der Waals surface area contributed by atoms with Gasteiger partial charge >= 0.3 is 6.16 Å². The molecule has 8 heteroatoms. The Labute approximate surface area is 139 Å². The van der Waals surface area contributed by atoms with Gasteiger partial charge in [-0.05, 0) is 26.0 Å². The summed E-state index contributed by atoms with van der Waals surface area (Å²) in [6.45, 7) is 2.84. The van der Waals surface area contributed by atoms with E-state index in [1.165, 1.54) is 0 Å². The summed E-state index contributed by atoms with van der Waals surface area (Å²) in [5, 5.41) is 29.0. The van der Waals surface area contributed by atoms with Crippen LogP contribution in [0.1, 0.15) is 12.5 Å². The van der Waals surface area contributed by atoms with Gasteiger partial charge in [-0.1, -0.05) is 17.7 Å². The highest BCUT2D eigenvalue weighted by atomic mass is 16.8. The van der Waals surface area contributed by atoms with Gasteiger partial charge in [0.15, 0.2) is 0 Å². The Hall–Kier alpha value is -1.87. The number of aryl methyl sites for hydroxylation is 1. The van der Waals surface area contributed by atoms with Crippen molar-refractivity contribution in [2.45, 2.75) is 44.4 Å². The Morgan fingerprint density at radius 3 is 2.42 bits per heavy atom. The van der Waals surface area contributed by atoms with Gasteiger partial charge in [-0.2, -0.15) is 0 Å². The molecular formula is C16H22O8. The Balaban J connectivity index is 1.70. The van der Waals surface area contributed by atoms with E-state index >= 15 is 0 Å². The first-order valence-electron chi connectivity index (χ1n) is 7.57. The largest absolute Gasteiger partial charge is 0.511 e. The Morgan fingerprint density at radius 2 is 1.75 bits per heavy atom. The number of aliphatic hydroxyl groups is 3. The molecule has 1 aromatic rings. The smallest absolute Gasteiger partial charge is 0.457 e. The molecule has 2 rings (SSSR count). The number of ether oxygens (including phenoxy) is 4. The van der Waals surface area contributed by atoms with E-state index in [1.54, 1.807) is 19.1 Å². The predicted molar refractivity (Wildman–Crippen MR) is 81.5 cm³/mol. The van der Waals surface area contributed by atoms with Crippen LogP contribution in [0.4, 0.5) is 4.79 Å². The molecule has 8 nitrogen and oxygen atoms in total. The van der Waals surface area contributed by atoms with Crippen LogP contribution < -0.4 is 4.74 Å². The molecule has 1 aliphatic rings. The summed E-state index contributed by atoms with van der Waals surface area (Å²) < 4.78 is 20.1. The molecule has 3 N–H and O–H groups in total. The van der Waals surface area contributed by atoms with Gasteiger partial charge in [0.1, 0.15) is 36.8 Å². The quantitative estimate of drug-likeness (QED) is 0.519. The molecule has 1 fully saturated rings. The number of carbonyl (C=O) groups is 1. The van der Waals surface area contributed by atoms with Crippen molar-refractivity contribution in [2.24, 2.45) is 0 Å². The van der Waals surface area contributed by atoms with Crippen LogP contribution in [0.2, 0.25) is 0 Å². The maximum Gasteiger partial charge on any atom is 0.511 e. The topological polar surface area (TPSA) is 115 Å². The van der Waals surface area contributed by atoms with Gasteiger partial charge in [-0.25, -0.2) is 4.79 Å². The van der Waals surface area contributed by atoms with Gasteiger partial charge in [0, 0.05) is 0 Å². The molecule has 1 aromatic carbocycles. The van der Waals surface area contributed by atoms with Crippen LogP contribution in [0.25, 0.3) is 0 Å². The number of hydrogen-bond acceptors (Lipinski definition) is 8. The summed E-state index contributed by atoms with van der Waals surface area (Å²) in [5.74, 6) is 0.547. The zero-order valence-corrected chi connectivity index (χ0v) is 13.5. The normalized spacial score (nSPS) is 29.8. The summed E-state index contributed by atoms with van der Waals surface area (Å²) in [6.07, 6.45) is -6.59. The molecule has 134 valence electrons. The van der Waals surface area contributed by atoms with Gasteiger partial charge in [0.05, 0.1) is 6.10 Å². The lowest BCUT2D eigenvalue weighted by molar-refractivity contribution is -0.225. The van der Waals surface area contributed by atoms with E-state index in [1.807, 2.05) is 19.1 Å². The van der Waals surface area contributed by atoms with E-state index < -0.39 is 36.7 Å². The number of aliphatic hydroxyl groups excluding tert-OH is 3. The standard InChI is InChI=1S/C16H22O8/c1-9-3-5-11(6-4-9)22-8-23-16(20)21-7-12-14(18)15(19)13(17)10(2)24-12/h3-6,10,12-15,17-19H,7-8H2,1-2H3/t10?,12-,13+,14-,15-/m1/s1. The molecule has 0 radical (unpaired) electrons. The van der Waals surface area contributed by atoms with Gasteiger partial charge in [-0.3, -0.25) is 0 Å². The third-order valence-electron chi connectivity index (χ3n) is 3.74. The van der Waals surface area contributed by atoms with Crippen LogP contribution in [0.5, 0.6) is 5.75 Å². The molecule has 1 unspecified atom stereocenters. The first-order valence-corrected chi connectivity index (χ1v) is 7.57. The highest BCUT2D eigenvalue weighted by Gasteiger charge is 2.42. The second-order valence-electron chi connectivity index (χ2n) is 5.63. The van der Waals surface area contributed by atoms with Crippen molar-refractivity contribution >= 4 is 6.16 Å². The second-order valence-corrected chi connectivity index (χ2v) is 5.63. The molecule has 0 spiro atoms. The van der Waals surface area contributed by atoms with Crippen LogP contribution in [0, 0.1) is 6.92 Å². The molecule has 0 aliphatic carbocycles. The average Bonchev–Trinajstić information content (AvgIpc) is 2.57. The minimum atomic E-state index is -1.37. The van der Waals surface area contributed by atoms with Crippen molar-refractivity contribution in [3.8, 4) is 5.75 Å². The van der Waals surface area contributed by atoms with Gasteiger partial charge in [0.2, 0.25) is 6.79 Å². The van der Waals surface area contributed by atoms with Gasteiger partial charge in [0.25, 0.3) is 0 Å². The number of hydrogen-bond donors (Lipinski definition) is 3. The molecule has 0 bridgehead atoms. The van der Waals surface area contributed by atoms with Crippen molar-refractivity contribution in [3.05, 3.63) is 29.8 Å². The monoisotopic (exact) mass is 342 g/mol. The fourth-order valence-electron chi connectivity index (χ4n) is 2.25. The van der Waals surface area contributed by atoms with Crippen LogP contribution in [-0.4, -0.2) is 65.4 Å². The fourth-order valence-corrected chi connectivity index (χ4v) is 2.25. The van der Waals surface area contributed by atoms with E-state index in [0.29, 0.717) is 5.75 Å². The van der Waals surface area contributed by atoms with Crippen molar-refractivity contribution < 1.29 is 39.1 Å². The van der Waals surface area contributed by atoms with Crippen LogP contribution in [-0.2, 0) is 14.2 Å². The number of benzene rings is 1. The molecular weight excluding hydrogens is 320 g/mol. The lowest BCUT2D eigenvalue weighted by atomic mass is 9.96. The molecule has 1 aliphatic heterocycles. The second kappa shape index (κ2) is 8.29. The Bertz CT molecular complexity index is 531. The average molecular weight is 342 g/mol. The van der Waals surface area contributed by atoms with Gasteiger partial charge < -0.3 is 34.3 Å². The van der Waals surface area contributed by atoms with Crippen molar-refractivity contribution in [1.82, 2.24) is 0 Å². The zero-order chi connectivity index (χ0) is 17.7. The van der Waals surface area contributed by atoms with E-state index in [9.17, 15) is 20.1 Å². The first-order chi connectivity index (χ1) is 11.4. The lowest BCUT2D eigenvalue weighted by Crippen LogP contribution is -2.57. The predicted octanol–water partition coefficient (Wildman–Crippen LogP) is 0.355. The van der Waals surface area contributed by atoms with Crippen molar-refractivity contribution in [1.29, 1.82) is 0 Å². The van der Waals surface area contributed by atoms with Crippen molar-refractivity contribution in [2.75, 3.05) is 13.4 Å². The Kier molecular flexibility index (Phi) is 6.38. The van der Waals surface area contributed by atoms with E-state index in [2.05, 4.69) is 0 Å². The van der Waals surface area contributed by atoms with E-state index in [4.69, 9.17) is 18.9 Å². The van der Waals surface area contributed by atoms with E-state index in [0.717, 1.165) is 5.56 Å². The minimum absolute atomic E-state index is 0.321. The molecule has 24 heavy (non-hydrogen) atoms. The molecule has 0 aromatic heterocycles. The summed E-state index contributed by atoms with van der Waals surface area (Å²) >= 11 is 0. The molecule has 0 saturated carbocycles. The summed E-state index contributed by atoms with van der Waals surface area (Å²) in [5.41, 5.74) is 1.08. The van der Waals surface area contributed by atoms with Crippen LogP contribution in [0.3, 0.4) is 0 Å². The molecule has 1 saturated heterocycles. The fraction of sp³-hybridized carbons (Fsp3) is 0.562. The third kappa shape index (κ3) is 4.81. The van der Waals surface area contributed by atoms with Gasteiger partial charge in [-0.15, -0.1) is 0 Å². The summed E-state index contributed by atoms with van der Waals surface area (Å²) in [4.78, 5) is 11.5. The lowest BCUT2D eigenvalue weighted by Gasteiger charge is -2.38. The summed E-state index contributed by atoms with van der Waals surface area (Å²) in [7, 11) is 0. The molecule has 0 amide bonds. The highest BCUT2D eigenvalue weighted by Crippen LogP contribution is 2.21. The molecule has 5 atom stereocenters. The zero-order valence-electron chi connectivity index (χ0n) is 13.5. The minimum Gasteiger partial charge on any atom is -0.457 e. The SMILES string of the molecule is Cc1ccc(OCOC(=O)OC[C@H]2OC(C)[C@H](O)[C@@H](O)[C@@H]2O)cc1. The van der Waals surface area contributed by atoms with Crippen molar-refractivity contribution in [3.63, 3.8) is 0 Å². The highest BCUT2D eigenvalue weighted by molar-refractivity contribution is 5.59.